The number of hydrogen-bond donors (Lipinski definition) is 0. The molecule has 0 radical (unpaired) electrons. The molecule has 0 saturated carbocycles. The van der Waals surface area contributed by atoms with Crippen LogP contribution in [0.1, 0.15) is 5.56 Å². The summed E-state index contributed by atoms with van der Waals surface area (Å²) in [6.45, 7) is 0. The molecule has 1 aromatic rings. The van der Waals surface area contributed by atoms with Gasteiger partial charge in [0.15, 0.2) is 5.16 Å². The van der Waals surface area contributed by atoms with Crippen LogP contribution in [0.3, 0.4) is 0 Å². The molecule has 0 unspecified atom stereocenters. The van der Waals surface area contributed by atoms with Crippen LogP contribution in [0.25, 0.3) is 6.08 Å². The standard InChI is InChI=1S/C8H8BrClN2S/c1-13-8-11-5-6(3-2-4-9)7(10)12-8/h2-3,5H,4H2,1H3. The van der Waals surface area contributed by atoms with Crippen molar-refractivity contribution < 1.29 is 0 Å². The number of rotatable bonds is 3. The minimum atomic E-state index is 0.497. The van der Waals surface area contributed by atoms with Gasteiger partial charge in [0.05, 0.1) is 0 Å². The first-order chi connectivity index (χ1) is 6.27. The van der Waals surface area contributed by atoms with Crippen LogP contribution < -0.4 is 0 Å². The quantitative estimate of drug-likeness (QED) is 0.368. The first-order valence-electron chi connectivity index (χ1n) is 3.57. The normalized spacial score (nSPS) is 11.0. The van der Waals surface area contributed by atoms with Crippen LogP contribution in [-0.4, -0.2) is 21.6 Å². The molecule has 0 spiro atoms. The highest BCUT2D eigenvalue weighted by molar-refractivity contribution is 9.09. The maximum absolute atomic E-state index is 5.91. The lowest BCUT2D eigenvalue weighted by Crippen LogP contribution is -1.88. The zero-order valence-corrected chi connectivity index (χ0v) is 10.2. The third kappa shape index (κ3) is 3.29. The topological polar surface area (TPSA) is 25.8 Å². The van der Waals surface area contributed by atoms with Gasteiger partial charge in [-0.15, -0.1) is 0 Å². The Hall–Kier alpha value is -0.0600. The van der Waals surface area contributed by atoms with Gasteiger partial charge in [-0.2, -0.15) is 0 Å². The summed E-state index contributed by atoms with van der Waals surface area (Å²) in [6, 6.07) is 0. The molecule has 0 amide bonds. The first kappa shape index (κ1) is 11.0. The van der Waals surface area contributed by atoms with Crippen LogP contribution in [0.15, 0.2) is 17.4 Å². The van der Waals surface area contributed by atoms with Gasteiger partial charge in [-0.3, -0.25) is 0 Å². The van der Waals surface area contributed by atoms with Crippen LogP contribution in [-0.2, 0) is 0 Å². The summed E-state index contributed by atoms with van der Waals surface area (Å²) in [7, 11) is 0. The molecule has 0 fully saturated rings. The van der Waals surface area contributed by atoms with Gasteiger partial charge in [0.1, 0.15) is 5.15 Å². The van der Waals surface area contributed by atoms with Gasteiger partial charge >= 0.3 is 0 Å². The molecule has 0 bridgehead atoms. The molecule has 5 heteroatoms. The predicted octanol–water partition coefficient (Wildman–Crippen LogP) is 3.26. The molecule has 0 N–H and O–H groups in total. The number of hydrogen-bond acceptors (Lipinski definition) is 3. The van der Waals surface area contributed by atoms with E-state index in [0.717, 1.165) is 10.9 Å². The SMILES string of the molecule is CSc1ncc(C=CCBr)c(Cl)n1. The van der Waals surface area contributed by atoms with Crippen LogP contribution in [0.2, 0.25) is 5.15 Å². The molecular formula is C8H8BrClN2S. The summed E-state index contributed by atoms with van der Waals surface area (Å²) >= 11 is 10.7. The van der Waals surface area contributed by atoms with Gasteiger partial charge in [-0.05, 0) is 6.26 Å². The second kappa shape index (κ2) is 5.62. The van der Waals surface area contributed by atoms with E-state index in [9.17, 15) is 0 Å². The smallest absolute Gasteiger partial charge is 0.188 e. The summed E-state index contributed by atoms with van der Waals surface area (Å²) in [4.78, 5) is 8.21. The Labute approximate surface area is 94.9 Å². The van der Waals surface area contributed by atoms with Crippen molar-refractivity contribution >= 4 is 45.4 Å². The van der Waals surface area contributed by atoms with Crippen LogP contribution >= 0.6 is 39.3 Å². The molecule has 2 nitrogen and oxygen atoms in total. The molecule has 70 valence electrons. The number of nitrogens with zero attached hydrogens (tertiary/aromatic N) is 2. The van der Waals surface area contributed by atoms with Crippen molar-refractivity contribution in [1.82, 2.24) is 9.97 Å². The minimum Gasteiger partial charge on any atom is -0.230 e. The highest BCUT2D eigenvalue weighted by atomic mass is 79.9. The first-order valence-corrected chi connectivity index (χ1v) is 6.29. The van der Waals surface area contributed by atoms with Gasteiger partial charge in [-0.25, -0.2) is 9.97 Å². The number of aromatic nitrogens is 2. The average Bonchev–Trinajstić information content (AvgIpc) is 2.16. The Bertz CT molecular complexity index is 317. The number of thioether (sulfide) groups is 1. The van der Waals surface area contributed by atoms with Crippen molar-refractivity contribution in [3.63, 3.8) is 0 Å². The lowest BCUT2D eigenvalue weighted by molar-refractivity contribution is 0.966. The van der Waals surface area contributed by atoms with E-state index in [0.29, 0.717) is 10.3 Å². The molecule has 13 heavy (non-hydrogen) atoms. The van der Waals surface area contributed by atoms with E-state index in [1.807, 2.05) is 18.4 Å². The van der Waals surface area contributed by atoms with E-state index in [1.165, 1.54) is 11.8 Å². The van der Waals surface area contributed by atoms with Crippen LogP contribution in [0.4, 0.5) is 0 Å². The summed E-state index contributed by atoms with van der Waals surface area (Å²) in [5.41, 5.74) is 0.846. The highest BCUT2D eigenvalue weighted by Gasteiger charge is 2.00. The molecule has 0 atom stereocenters. The fourth-order valence-corrected chi connectivity index (χ4v) is 1.51. The molecule has 1 aromatic heterocycles. The molecule has 0 aliphatic carbocycles. The maximum Gasteiger partial charge on any atom is 0.188 e. The molecule has 1 rings (SSSR count). The van der Waals surface area contributed by atoms with Crippen molar-refractivity contribution in [2.45, 2.75) is 5.16 Å². The molecule has 1 heterocycles. The molecule has 0 aliphatic rings. The summed E-state index contributed by atoms with van der Waals surface area (Å²) in [5.74, 6) is 0. The van der Waals surface area contributed by atoms with Crippen LogP contribution in [0, 0.1) is 0 Å². The van der Waals surface area contributed by atoms with Gasteiger partial charge in [0.25, 0.3) is 0 Å². The van der Waals surface area contributed by atoms with Gasteiger partial charge in [-0.1, -0.05) is 51.4 Å². The largest absolute Gasteiger partial charge is 0.230 e. The number of allylic oxidation sites excluding steroid dienone is 1. The van der Waals surface area contributed by atoms with Gasteiger partial charge < -0.3 is 0 Å². The number of alkyl halides is 1. The van der Waals surface area contributed by atoms with E-state index in [2.05, 4.69) is 25.9 Å². The maximum atomic E-state index is 5.91. The zero-order valence-electron chi connectivity index (χ0n) is 7.00. The Morgan fingerprint density at radius 3 is 3.00 bits per heavy atom. The fraction of sp³-hybridized carbons (Fsp3) is 0.250. The minimum absolute atomic E-state index is 0.497. The van der Waals surface area contributed by atoms with Crippen molar-refractivity contribution in [1.29, 1.82) is 0 Å². The summed E-state index contributed by atoms with van der Waals surface area (Å²) in [5, 5.41) is 1.99. The third-order valence-electron chi connectivity index (χ3n) is 1.32. The van der Waals surface area contributed by atoms with E-state index in [1.54, 1.807) is 6.20 Å². The van der Waals surface area contributed by atoms with E-state index in [-0.39, 0.29) is 0 Å². The molecule has 0 aliphatic heterocycles. The van der Waals surface area contributed by atoms with Crippen molar-refractivity contribution in [3.8, 4) is 0 Å². The molecule has 0 aromatic carbocycles. The number of halogens is 2. The summed E-state index contributed by atoms with van der Waals surface area (Å²) in [6.07, 6.45) is 7.48. The summed E-state index contributed by atoms with van der Waals surface area (Å²) < 4.78 is 0. The highest BCUT2D eigenvalue weighted by Crippen LogP contribution is 2.17. The van der Waals surface area contributed by atoms with Gasteiger partial charge in [0, 0.05) is 17.1 Å². The molecular weight excluding hydrogens is 272 g/mol. The van der Waals surface area contributed by atoms with Gasteiger partial charge in [0.2, 0.25) is 0 Å². The average molecular weight is 280 g/mol. The Morgan fingerprint density at radius 2 is 2.46 bits per heavy atom. The second-order valence-corrected chi connectivity index (χ2v) is 3.94. The lowest BCUT2D eigenvalue weighted by atomic mass is 10.3. The van der Waals surface area contributed by atoms with E-state index in [4.69, 9.17) is 11.6 Å². The molecule has 0 saturated heterocycles. The van der Waals surface area contributed by atoms with Crippen molar-refractivity contribution in [2.24, 2.45) is 0 Å². The lowest BCUT2D eigenvalue weighted by Gasteiger charge is -1.98. The Balaban J connectivity index is 2.91. The zero-order chi connectivity index (χ0) is 9.68. The van der Waals surface area contributed by atoms with Crippen LogP contribution in [0.5, 0.6) is 0 Å². The third-order valence-corrected chi connectivity index (χ3v) is 2.55. The fourth-order valence-electron chi connectivity index (χ4n) is 0.737. The predicted molar refractivity (Wildman–Crippen MR) is 61.7 cm³/mol. The monoisotopic (exact) mass is 278 g/mol. The Morgan fingerprint density at radius 1 is 1.69 bits per heavy atom. The Kier molecular flexibility index (Phi) is 4.77. The van der Waals surface area contributed by atoms with E-state index < -0.39 is 0 Å². The second-order valence-electron chi connectivity index (χ2n) is 2.16. The van der Waals surface area contributed by atoms with Crippen molar-refractivity contribution in [3.05, 3.63) is 23.0 Å². The van der Waals surface area contributed by atoms with E-state index >= 15 is 0 Å². The van der Waals surface area contributed by atoms with Crippen molar-refractivity contribution in [2.75, 3.05) is 11.6 Å².